The highest BCUT2D eigenvalue weighted by atomic mass is 16.7. The highest BCUT2D eigenvalue weighted by Gasteiger charge is 2.15. The normalized spacial score (nSPS) is 10.3. The standard InChI is InChI=1S/C13H20N2O3/c1-9(2)10-7-6-8-11(12(10)17-4)14-13(16)15(3)18-5/h6-9H,1-5H3,(H,14,16). The average molecular weight is 252 g/mol. The Morgan fingerprint density at radius 3 is 2.50 bits per heavy atom. The van der Waals surface area contributed by atoms with E-state index in [-0.39, 0.29) is 6.03 Å². The maximum atomic E-state index is 11.7. The minimum atomic E-state index is -0.350. The lowest BCUT2D eigenvalue weighted by Gasteiger charge is -2.19. The van der Waals surface area contributed by atoms with Gasteiger partial charge in [-0.3, -0.25) is 4.84 Å². The summed E-state index contributed by atoms with van der Waals surface area (Å²) in [5, 5.41) is 3.86. The van der Waals surface area contributed by atoms with Crippen LogP contribution in [-0.4, -0.2) is 32.4 Å². The molecule has 1 aromatic rings. The number of rotatable bonds is 4. The Labute approximate surface area is 108 Å². The van der Waals surface area contributed by atoms with Gasteiger partial charge in [0.25, 0.3) is 0 Å². The molecule has 0 bridgehead atoms. The van der Waals surface area contributed by atoms with Gasteiger partial charge in [-0.05, 0) is 17.5 Å². The summed E-state index contributed by atoms with van der Waals surface area (Å²) in [5.41, 5.74) is 1.69. The number of hydroxylamine groups is 2. The smallest absolute Gasteiger partial charge is 0.345 e. The highest BCUT2D eigenvalue weighted by Crippen LogP contribution is 2.33. The van der Waals surface area contributed by atoms with Crippen molar-refractivity contribution in [2.75, 3.05) is 26.6 Å². The third kappa shape index (κ3) is 3.13. The molecule has 5 nitrogen and oxygen atoms in total. The van der Waals surface area contributed by atoms with Crippen molar-refractivity contribution >= 4 is 11.7 Å². The number of para-hydroxylation sites is 1. The Morgan fingerprint density at radius 1 is 1.33 bits per heavy atom. The van der Waals surface area contributed by atoms with Gasteiger partial charge in [0, 0.05) is 7.05 Å². The lowest BCUT2D eigenvalue weighted by molar-refractivity contribution is -0.0598. The van der Waals surface area contributed by atoms with E-state index in [1.165, 1.54) is 14.2 Å². The molecular formula is C13H20N2O3. The number of hydrogen-bond donors (Lipinski definition) is 1. The lowest BCUT2D eigenvalue weighted by atomic mass is 10.0. The van der Waals surface area contributed by atoms with Crippen molar-refractivity contribution in [2.45, 2.75) is 19.8 Å². The molecule has 100 valence electrons. The Kier molecular flexibility index (Phi) is 4.97. The zero-order chi connectivity index (χ0) is 13.7. The van der Waals surface area contributed by atoms with Gasteiger partial charge >= 0.3 is 6.03 Å². The average Bonchev–Trinajstić information content (AvgIpc) is 2.37. The summed E-state index contributed by atoms with van der Waals surface area (Å²) < 4.78 is 5.38. The molecule has 1 rings (SSSR count). The molecule has 0 atom stereocenters. The maximum absolute atomic E-state index is 11.7. The van der Waals surface area contributed by atoms with E-state index in [9.17, 15) is 4.79 Å². The predicted molar refractivity (Wildman–Crippen MR) is 70.9 cm³/mol. The second-order valence-electron chi connectivity index (χ2n) is 4.19. The first-order valence-electron chi connectivity index (χ1n) is 5.77. The van der Waals surface area contributed by atoms with Crippen LogP contribution >= 0.6 is 0 Å². The van der Waals surface area contributed by atoms with Crippen LogP contribution in [-0.2, 0) is 4.84 Å². The van der Waals surface area contributed by atoms with Gasteiger partial charge in [0.05, 0.1) is 19.9 Å². The maximum Gasteiger partial charge on any atom is 0.345 e. The minimum absolute atomic E-state index is 0.317. The number of amides is 2. The summed E-state index contributed by atoms with van der Waals surface area (Å²) in [6, 6.07) is 5.32. The summed E-state index contributed by atoms with van der Waals surface area (Å²) >= 11 is 0. The summed E-state index contributed by atoms with van der Waals surface area (Å²) in [7, 11) is 4.56. The molecule has 0 radical (unpaired) electrons. The van der Waals surface area contributed by atoms with E-state index in [0.29, 0.717) is 17.4 Å². The van der Waals surface area contributed by atoms with Gasteiger partial charge in [-0.1, -0.05) is 26.0 Å². The number of urea groups is 1. The third-order valence-corrected chi connectivity index (χ3v) is 2.67. The molecule has 0 fully saturated rings. The first-order chi connectivity index (χ1) is 8.51. The number of hydrogen-bond acceptors (Lipinski definition) is 3. The second-order valence-corrected chi connectivity index (χ2v) is 4.19. The predicted octanol–water partition coefficient (Wildman–Crippen LogP) is 2.84. The van der Waals surface area contributed by atoms with Crippen molar-refractivity contribution < 1.29 is 14.4 Å². The molecule has 18 heavy (non-hydrogen) atoms. The van der Waals surface area contributed by atoms with Gasteiger partial charge < -0.3 is 10.1 Å². The van der Waals surface area contributed by atoms with Gasteiger partial charge in [0.2, 0.25) is 0 Å². The van der Waals surface area contributed by atoms with Crippen LogP contribution in [0.25, 0.3) is 0 Å². The minimum Gasteiger partial charge on any atom is -0.494 e. The molecule has 0 aliphatic heterocycles. The topological polar surface area (TPSA) is 50.8 Å². The molecule has 0 heterocycles. The highest BCUT2D eigenvalue weighted by molar-refractivity contribution is 5.90. The molecule has 0 saturated heterocycles. The molecule has 0 saturated carbocycles. The fraction of sp³-hybridized carbons (Fsp3) is 0.462. The fourth-order valence-electron chi connectivity index (χ4n) is 1.61. The Hall–Kier alpha value is -1.75. The number of carbonyl (C=O) groups is 1. The number of benzene rings is 1. The van der Waals surface area contributed by atoms with Gasteiger partial charge in [-0.15, -0.1) is 0 Å². The Morgan fingerprint density at radius 2 is 2.00 bits per heavy atom. The Bertz CT molecular complexity index is 419. The molecule has 5 heteroatoms. The first kappa shape index (κ1) is 14.3. The summed E-state index contributed by atoms with van der Waals surface area (Å²) in [6.45, 7) is 4.15. The largest absolute Gasteiger partial charge is 0.494 e. The van der Waals surface area contributed by atoms with Gasteiger partial charge in [-0.2, -0.15) is 0 Å². The van der Waals surface area contributed by atoms with Crippen molar-refractivity contribution in [3.05, 3.63) is 23.8 Å². The van der Waals surface area contributed by atoms with Crippen molar-refractivity contribution in [3.63, 3.8) is 0 Å². The molecule has 0 spiro atoms. The quantitative estimate of drug-likeness (QED) is 0.838. The van der Waals surface area contributed by atoms with Gasteiger partial charge in [-0.25, -0.2) is 9.86 Å². The monoisotopic (exact) mass is 252 g/mol. The third-order valence-electron chi connectivity index (χ3n) is 2.67. The zero-order valence-electron chi connectivity index (χ0n) is 11.5. The molecule has 0 unspecified atom stereocenters. The molecule has 1 aromatic carbocycles. The SMILES string of the molecule is COc1c(NC(=O)N(C)OC)cccc1C(C)C. The van der Waals surface area contributed by atoms with Crippen molar-refractivity contribution in [2.24, 2.45) is 0 Å². The van der Waals surface area contributed by atoms with E-state index in [1.54, 1.807) is 13.2 Å². The van der Waals surface area contributed by atoms with E-state index in [2.05, 4.69) is 19.2 Å². The first-order valence-corrected chi connectivity index (χ1v) is 5.77. The molecule has 0 aliphatic rings. The molecule has 2 amide bonds. The lowest BCUT2D eigenvalue weighted by Crippen LogP contribution is -2.30. The van der Waals surface area contributed by atoms with E-state index >= 15 is 0 Å². The van der Waals surface area contributed by atoms with Crippen LogP contribution in [0.5, 0.6) is 5.75 Å². The molecule has 0 aromatic heterocycles. The van der Waals surface area contributed by atoms with E-state index < -0.39 is 0 Å². The van der Waals surface area contributed by atoms with Crippen molar-refractivity contribution in [1.29, 1.82) is 0 Å². The number of nitrogens with zero attached hydrogens (tertiary/aromatic N) is 1. The van der Waals surface area contributed by atoms with E-state index in [0.717, 1.165) is 10.6 Å². The van der Waals surface area contributed by atoms with Crippen molar-refractivity contribution in [1.82, 2.24) is 5.06 Å². The van der Waals surface area contributed by atoms with Crippen molar-refractivity contribution in [3.8, 4) is 5.75 Å². The number of carbonyl (C=O) groups excluding carboxylic acids is 1. The van der Waals surface area contributed by atoms with Crippen LogP contribution in [0.1, 0.15) is 25.3 Å². The Balaban J connectivity index is 3.02. The molecular weight excluding hydrogens is 232 g/mol. The van der Waals surface area contributed by atoms with Crippen LogP contribution in [0.15, 0.2) is 18.2 Å². The zero-order valence-corrected chi connectivity index (χ0v) is 11.5. The van der Waals surface area contributed by atoms with Crippen LogP contribution in [0.4, 0.5) is 10.5 Å². The summed E-state index contributed by atoms with van der Waals surface area (Å²) in [6.07, 6.45) is 0. The summed E-state index contributed by atoms with van der Waals surface area (Å²) in [5.74, 6) is 1.00. The molecule has 0 aliphatic carbocycles. The van der Waals surface area contributed by atoms with Crippen LogP contribution in [0.3, 0.4) is 0 Å². The number of methoxy groups -OCH3 is 1. The van der Waals surface area contributed by atoms with Crippen LogP contribution in [0.2, 0.25) is 0 Å². The van der Waals surface area contributed by atoms with Crippen LogP contribution in [0, 0.1) is 0 Å². The number of ether oxygens (including phenoxy) is 1. The van der Waals surface area contributed by atoms with Gasteiger partial charge in [0.15, 0.2) is 0 Å². The summed E-state index contributed by atoms with van der Waals surface area (Å²) in [4.78, 5) is 16.5. The van der Waals surface area contributed by atoms with Gasteiger partial charge in [0.1, 0.15) is 5.75 Å². The van der Waals surface area contributed by atoms with E-state index in [1.807, 2.05) is 12.1 Å². The molecule has 1 N–H and O–H groups in total. The number of nitrogens with one attached hydrogen (secondary N) is 1. The second kappa shape index (κ2) is 6.26. The number of anilines is 1. The van der Waals surface area contributed by atoms with Crippen LogP contribution < -0.4 is 10.1 Å². The van der Waals surface area contributed by atoms with E-state index in [4.69, 9.17) is 9.57 Å². The fourth-order valence-corrected chi connectivity index (χ4v) is 1.61.